The van der Waals surface area contributed by atoms with Gasteiger partial charge >= 0.3 is 0 Å². The molecule has 0 fully saturated rings. The van der Waals surface area contributed by atoms with Crippen molar-refractivity contribution in [2.75, 3.05) is 0 Å². The Bertz CT molecular complexity index is 3880. The highest BCUT2D eigenvalue weighted by Crippen LogP contribution is 2.51. The van der Waals surface area contributed by atoms with Crippen molar-refractivity contribution in [1.82, 2.24) is 0 Å². The van der Waals surface area contributed by atoms with Crippen molar-refractivity contribution in [1.29, 1.82) is 0 Å². The molecule has 0 amide bonds. The fraction of sp³-hybridized carbons (Fsp3) is 0.0476. The van der Waals surface area contributed by atoms with E-state index in [0.29, 0.717) is 0 Å². The SMILES string of the molecule is CC1(C)c2cc(-c3ccc4ccccc4c3)ccc2-c2ccc(-c3ccc4cc(-c5cccc(-c6cc7ccc8ccc9ccccc9c8c7c7ccccc67)c5)ccc4c3)cc21. The van der Waals surface area contributed by atoms with Crippen molar-refractivity contribution in [2.24, 2.45) is 0 Å². The maximum absolute atomic E-state index is 2.44. The summed E-state index contributed by atoms with van der Waals surface area (Å²) in [6, 6.07) is 81.8. The first-order valence-corrected chi connectivity index (χ1v) is 22.1. The highest BCUT2D eigenvalue weighted by Gasteiger charge is 2.36. The van der Waals surface area contributed by atoms with Crippen LogP contribution in [0.2, 0.25) is 0 Å². The van der Waals surface area contributed by atoms with Crippen LogP contribution >= 0.6 is 0 Å². The largest absolute Gasteiger partial charge is 0.0616 e. The predicted molar refractivity (Wildman–Crippen MR) is 271 cm³/mol. The average molecular weight is 799 g/mol. The van der Waals surface area contributed by atoms with Crippen molar-refractivity contribution in [3.8, 4) is 55.6 Å². The maximum atomic E-state index is 2.44. The molecule has 1 aliphatic rings. The number of hydrogen-bond donors (Lipinski definition) is 0. The molecule has 0 heteroatoms. The van der Waals surface area contributed by atoms with Crippen LogP contribution in [0.3, 0.4) is 0 Å². The minimum Gasteiger partial charge on any atom is -0.0616 e. The molecule has 0 heterocycles. The fourth-order valence-corrected chi connectivity index (χ4v) is 10.9. The summed E-state index contributed by atoms with van der Waals surface area (Å²) in [6.07, 6.45) is 0. The lowest BCUT2D eigenvalue weighted by molar-refractivity contribution is 0.661. The molecule has 0 atom stereocenters. The van der Waals surface area contributed by atoms with Crippen LogP contribution in [0, 0.1) is 0 Å². The third kappa shape index (κ3) is 5.61. The molecule has 294 valence electrons. The van der Waals surface area contributed by atoms with Gasteiger partial charge < -0.3 is 0 Å². The molecule has 0 aromatic heterocycles. The molecule has 0 radical (unpaired) electrons. The predicted octanol–water partition coefficient (Wildman–Crippen LogP) is 17.6. The Labute approximate surface area is 367 Å². The number of benzene rings is 12. The summed E-state index contributed by atoms with van der Waals surface area (Å²) in [5.74, 6) is 0. The van der Waals surface area contributed by atoms with Gasteiger partial charge in [-0.25, -0.2) is 0 Å². The fourth-order valence-electron chi connectivity index (χ4n) is 10.9. The third-order valence-corrected chi connectivity index (χ3v) is 14.2. The number of hydrogen-bond acceptors (Lipinski definition) is 0. The van der Waals surface area contributed by atoms with E-state index in [-0.39, 0.29) is 5.41 Å². The zero-order valence-electron chi connectivity index (χ0n) is 35.3. The van der Waals surface area contributed by atoms with Crippen LogP contribution in [-0.2, 0) is 5.41 Å². The van der Waals surface area contributed by atoms with E-state index in [4.69, 9.17) is 0 Å². The summed E-state index contributed by atoms with van der Waals surface area (Å²) >= 11 is 0. The second kappa shape index (κ2) is 13.6. The molecule has 12 aromatic carbocycles. The molecule has 12 aromatic rings. The zero-order valence-corrected chi connectivity index (χ0v) is 35.3. The van der Waals surface area contributed by atoms with Gasteiger partial charge in [-0.3, -0.25) is 0 Å². The van der Waals surface area contributed by atoms with Crippen LogP contribution in [0.1, 0.15) is 25.0 Å². The lowest BCUT2D eigenvalue weighted by atomic mass is 9.80. The zero-order chi connectivity index (χ0) is 41.8. The second-order valence-corrected chi connectivity index (χ2v) is 18.1. The molecule has 0 aliphatic heterocycles. The number of rotatable bonds is 4. The van der Waals surface area contributed by atoms with Gasteiger partial charge in [-0.15, -0.1) is 0 Å². The summed E-state index contributed by atoms with van der Waals surface area (Å²) in [6.45, 7) is 4.77. The van der Waals surface area contributed by atoms with E-state index in [9.17, 15) is 0 Å². The highest BCUT2D eigenvalue weighted by molar-refractivity contribution is 6.29. The van der Waals surface area contributed by atoms with Crippen LogP contribution in [0.15, 0.2) is 218 Å². The van der Waals surface area contributed by atoms with Gasteiger partial charge in [-0.2, -0.15) is 0 Å². The van der Waals surface area contributed by atoms with Crippen LogP contribution < -0.4 is 0 Å². The van der Waals surface area contributed by atoms with Gasteiger partial charge in [0, 0.05) is 5.41 Å². The summed E-state index contributed by atoms with van der Waals surface area (Å²) in [5.41, 5.74) is 15.3. The average Bonchev–Trinajstić information content (AvgIpc) is 3.57. The Balaban J connectivity index is 0.834. The standard InChI is InChI=1S/C63H42/c1-63(2)59-37-49(47-22-18-39-10-3-4-12-42(39)32-47)28-30-55(59)56-31-29-50(38-60(56)63)48-26-25-45-33-44(23-24-46(45)34-48)43-13-9-14-51(35-43)58-36-52-27-21-41-20-19-40-11-5-6-15-53(40)61(41)62(52)57-17-8-7-16-54(57)58/h3-38H,1-2H3. The Kier molecular flexibility index (Phi) is 7.75. The van der Waals surface area contributed by atoms with Crippen LogP contribution in [0.5, 0.6) is 0 Å². The first-order valence-electron chi connectivity index (χ1n) is 22.1. The molecule has 0 spiro atoms. The molecule has 0 unspecified atom stereocenters. The van der Waals surface area contributed by atoms with Gasteiger partial charge in [0.15, 0.2) is 0 Å². The molecule has 0 saturated heterocycles. The van der Waals surface area contributed by atoms with Gasteiger partial charge in [-0.05, 0) is 174 Å². The van der Waals surface area contributed by atoms with Crippen LogP contribution in [0.25, 0.3) is 120 Å². The van der Waals surface area contributed by atoms with Crippen molar-refractivity contribution in [3.63, 3.8) is 0 Å². The summed E-state index contributed by atoms with van der Waals surface area (Å²) < 4.78 is 0. The molecule has 0 saturated carbocycles. The van der Waals surface area contributed by atoms with Gasteiger partial charge in [0.25, 0.3) is 0 Å². The second-order valence-electron chi connectivity index (χ2n) is 18.1. The third-order valence-electron chi connectivity index (χ3n) is 14.2. The number of fused-ring (bicyclic) bond motifs is 12. The molecular formula is C63H42. The summed E-state index contributed by atoms with van der Waals surface area (Å²) in [7, 11) is 0. The first-order chi connectivity index (χ1) is 30.9. The van der Waals surface area contributed by atoms with E-state index >= 15 is 0 Å². The molecule has 1 aliphatic carbocycles. The Morgan fingerprint density at radius 1 is 0.238 bits per heavy atom. The lowest BCUT2D eigenvalue weighted by Crippen LogP contribution is -2.15. The van der Waals surface area contributed by atoms with Gasteiger partial charge in [-0.1, -0.05) is 190 Å². The van der Waals surface area contributed by atoms with Gasteiger partial charge in [0.2, 0.25) is 0 Å². The molecule has 13 rings (SSSR count). The normalized spacial score (nSPS) is 13.0. The first kappa shape index (κ1) is 35.9. The topological polar surface area (TPSA) is 0 Å². The van der Waals surface area contributed by atoms with Crippen LogP contribution in [0.4, 0.5) is 0 Å². The Morgan fingerprint density at radius 2 is 0.667 bits per heavy atom. The maximum Gasteiger partial charge on any atom is 0.0159 e. The smallest absolute Gasteiger partial charge is 0.0159 e. The van der Waals surface area contributed by atoms with Crippen LogP contribution in [-0.4, -0.2) is 0 Å². The van der Waals surface area contributed by atoms with E-state index in [1.165, 1.54) is 131 Å². The van der Waals surface area contributed by atoms with E-state index in [2.05, 4.69) is 232 Å². The van der Waals surface area contributed by atoms with Crippen molar-refractivity contribution < 1.29 is 0 Å². The molecule has 0 nitrogen and oxygen atoms in total. The van der Waals surface area contributed by atoms with Crippen molar-refractivity contribution in [3.05, 3.63) is 230 Å². The van der Waals surface area contributed by atoms with Gasteiger partial charge in [0.05, 0.1) is 0 Å². The lowest BCUT2D eigenvalue weighted by Gasteiger charge is -2.22. The van der Waals surface area contributed by atoms with Gasteiger partial charge in [0.1, 0.15) is 0 Å². The molecule has 63 heavy (non-hydrogen) atoms. The minimum absolute atomic E-state index is 0.115. The van der Waals surface area contributed by atoms with E-state index in [0.717, 1.165) is 0 Å². The van der Waals surface area contributed by atoms with Crippen molar-refractivity contribution in [2.45, 2.75) is 19.3 Å². The van der Waals surface area contributed by atoms with E-state index in [1.807, 2.05) is 0 Å². The molecule has 0 bridgehead atoms. The Hall–Kier alpha value is -7.80. The van der Waals surface area contributed by atoms with E-state index in [1.54, 1.807) is 0 Å². The summed E-state index contributed by atoms with van der Waals surface area (Å²) in [5, 5.41) is 15.4. The quantitative estimate of drug-likeness (QED) is 0.156. The summed E-state index contributed by atoms with van der Waals surface area (Å²) in [4.78, 5) is 0. The van der Waals surface area contributed by atoms with E-state index < -0.39 is 0 Å². The Morgan fingerprint density at radius 3 is 1.33 bits per heavy atom. The highest BCUT2D eigenvalue weighted by atomic mass is 14.4. The minimum atomic E-state index is -0.115. The monoisotopic (exact) mass is 798 g/mol. The molecular weight excluding hydrogens is 757 g/mol. The van der Waals surface area contributed by atoms with Crippen molar-refractivity contribution >= 4 is 64.6 Å². The molecule has 0 N–H and O–H groups in total.